The minimum absolute atomic E-state index is 0.0777. The Bertz CT molecular complexity index is 363. The van der Waals surface area contributed by atoms with Crippen molar-refractivity contribution in [2.45, 2.75) is 13.0 Å². The lowest BCUT2D eigenvalue weighted by molar-refractivity contribution is -0.145. The number of carbonyl (C=O) groups is 1. The molecule has 2 unspecified atom stereocenters. The number of rotatable bonds is 1. The third-order valence-electron chi connectivity index (χ3n) is 2.19. The van der Waals surface area contributed by atoms with Gasteiger partial charge in [0.25, 0.3) is 0 Å². The Hall–Kier alpha value is -1.64. The number of carbonyl (C=O) groups excluding carboxylic acids is 1. The van der Waals surface area contributed by atoms with Crippen molar-refractivity contribution in [3.63, 3.8) is 0 Å². The molecule has 0 saturated carbocycles. The van der Waals surface area contributed by atoms with Gasteiger partial charge in [0.15, 0.2) is 0 Å². The van der Waals surface area contributed by atoms with Crippen LogP contribution in [0.15, 0.2) is 41.1 Å². The second-order valence-electron chi connectivity index (χ2n) is 3.24. The first-order valence-electron chi connectivity index (χ1n) is 4.54. The molecule has 2 aliphatic rings. The van der Waals surface area contributed by atoms with Crippen molar-refractivity contribution in [2.24, 2.45) is 10.9 Å². The van der Waals surface area contributed by atoms with E-state index in [0.717, 1.165) is 5.70 Å². The molecule has 0 bridgehead atoms. The van der Waals surface area contributed by atoms with Gasteiger partial charge in [0.2, 0.25) is 0 Å². The number of ether oxygens (including phenoxy) is 1. The molecule has 1 aliphatic carbocycles. The van der Waals surface area contributed by atoms with Gasteiger partial charge in [-0.05, 0) is 18.2 Å². The van der Waals surface area contributed by atoms with Gasteiger partial charge in [-0.2, -0.15) is 0 Å². The highest BCUT2D eigenvalue weighted by Crippen LogP contribution is 2.27. The van der Waals surface area contributed by atoms with E-state index in [9.17, 15) is 4.79 Å². The first-order chi connectivity index (χ1) is 6.77. The van der Waals surface area contributed by atoms with Crippen molar-refractivity contribution in [1.82, 2.24) is 0 Å². The zero-order valence-corrected chi connectivity index (χ0v) is 7.88. The van der Waals surface area contributed by atoms with Crippen LogP contribution >= 0.6 is 0 Å². The third-order valence-corrected chi connectivity index (χ3v) is 2.19. The average molecular weight is 189 g/mol. The Balaban J connectivity index is 2.19. The summed E-state index contributed by atoms with van der Waals surface area (Å²) in [6.07, 6.45) is 11.1. The summed E-state index contributed by atoms with van der Waals surface area (Å²) in [5.74, 6) is -0.183. The van der Waals surface area contributed by atoms with Crippen LogP contribution in [0.4, 0.5) is 0 Å². The lowest BCUT2D eigenvalue weighted by Gasteiger charge is -2.25. The molecule has 14 heavy (non-hydrogen) atoms. The summed E-state index contributed by atoms with van der Waals surface area (Å²) in [6.45, 7) is 1.42. The fraction of sp³-hybridized carbons (Fsp3) is 0.273. The summed E-state index contributed by atoms with van der Waals surface area (Å²) in [4.78, 5) is 15.1. The van der Waals surface area contributed by atoms with E-state index < -0.39 is 0 Å². The number of hydrogen-bond donors (Lipinski definition) is 0. The molecule has 0 aromatic carbocycles. The van der Waals surface area contributed by atoms with Crippen molar-refractivity contribution in [3.05, 3.63) is 36.1 Å². The largest absolute Gasteiger partial charge is 0.457 e. The maximum atomic E-state index is 10.8. The van der Waals surface area contributed by atoms with Crippen molar-refractivity contribution in [1.29, 1.82) is 0 Å². The highest BCUT2D eigenvalue weighted by Gasteiger charge is 2.26. The van der Waals surface area contributed by atoms with Gasteiger partial charge in [-0.25, -0.2) is 0 Å². The van der Waals surface area contributed by atoms with E-state index in [1.54, 1.807) is 6.21 Å². The van der Waals surface area contributed by atoms with E-state index in [-0.39, 0.29) is 18.0 Å². The molecule has 0 aromatic heterocycles. The second kappa shape index (κ2) is 3.62. The van der Waals surface area contributed by atoms with Crippen molar-refractivity contribution < 1.29 is 9.53 Å². The smallest absolute Gasteiger partial charge is 0.303 e. The SMILES string of the molecule is CC(=O)OC1C=CC=C2N=CC=CC21. The number of esters is 1. The van der Waals surface area contributed by atoms with Gasteiger partial charge in [0.05, 0.1) is 11.6 Å². The normalized spacial score (nSPS) is 28.2. The van der Waals surface area contributed by atoms with E-state index in [2.05, 4.69) is 4.99 Å². The van der Waals surface area contributed by atoms with Crippen molar-refractivity contribution >= 4 is 12.2 Å². The van der Waals surface area contributed by atoms with E-state index >= 15 is 0 Å². The maximum Gasteiger partial charge on any atom is 0.303 e. The summed E-state index contributed by atoms with van der Waals surface area (Å²) < 4.78 is 5.17. The zero-order valence-electron chi connectivity index (χ0n) is 7.88. The number of aliphatic imine (C=N–C) groups is 1. The van der Waals surface area contributed by atoms with Crippen LogP contribution in [0.5, 0.6) is 0 Å². The summed E-state index contributed by atoms with van der Waals surface area (Å²) in [7, 11) is 0. The molecule has 72 valence electrons. The number of nitrogens with zero attached hydrogens (tertiary/aromatic N) is 1. The summed E-state index contributed by atoms with van der Waals surface area (Å²) >= 11 is 0. The fourth-order valence-electron chi connectivity index (χ4n) is 1.60. The number of allylic oxidation sites excluding steroid dienone is 3. The highest BCUT2D eigenvalue weighted by atomic mass is 16.5. The lowest BCUT2D eigenvalue weighted by atomic mass is 9.92. The molecule has 0 saturated heterocycles. The van der Waals surface area contributed by atoms with Gasteiger partial charge in [0, 0.05) is 13.1 Å². The standard InChI is InChI=1S/C11H11NO2/c1-8(13)14-11-6-2-5-10-9(11)4-3-7-12-10/h2-7,9,11H,1H3. The predicted octanol–water partition coefficient (Wildman–Crippen LogP) is 1.63. The van der Waals surface area contributed by atoms with Crippen LogP contribution in [-0.2, 0) is 9.53 Å². The minimum Gasteiger partial charge on any atom is -0.457 e. The van der Waals surface area contributed by atoms with E-state index in [4.69, 9.17) is 4.74 Å². The fourth-order valence-corrected chi connectivity index (χ4v) is 1.60. The zero-order chi connectivity index (χ0) is 9.97. The first-order valence-corrected chi connectivity index (χ1v) is 4.54. The number of hydrogen-bond acceptors (Lipinski definition) is 3. The molecule has 3 heteroatoms. The van der Waals surface area contributed by atoms with E-state index in [1.807, 2.05) is 30.4 Å². The van der Waals surface area contributed by atoms with Crippen LogP contribution in [0.25, 0.3) is 0 Å². The Labute approximate surface area is 82.5 Å². The quantitative estimate of drug-likeness (QED) is 0.588. The lowest BCUT2D eigenvalue weighted by Crippen LogP contribution is -2.26. The molecule has 0 radical (unpaired) electrons. The Morgan fingerprint density at radius 2 is 2.29 bits per heavy atom. The number of dihydropyridines is 1. The van der Waals surface area contributed by atoms with Gasteiger partial charge in [-0.1, -0.05) is 12.2 Å². The topological polar surface area (TPSA) is 38.7 Å². The molecule has 2 atom stereocenters. The summed E-state index contributed by atoms with van der Waals surface area (Å²) in [5, 5.41) is 0. The summed E-state index contributed by atoms with van der Waals surface area (Å²) in [6, 6.07) is 0. The molecular formula is C11H11NO2. The Morgan fingerprint density at radius 1 is 1.43 bits per heavy atom. The van der Waals surface area contributed by atoms with Crippen LogP contribution in [0.3, 0.4) is 0 Å². The molecule has 0 amide bonds. The summed E-state index contributed by atoms with van der Waals surface area (Å²) in [5.41, 5.74) is 0.946. The molecule has 0 N–H and O–H groups in total. The molecule has 1 aliphatic heterocycles. The van der Waals surface area contributed by atoms with Crippen LogP contribution in [0.1, 0.15) is 6.92 Å². The Kier molecular flexibility index (Phi) is 2.31. The number of fused-ring (bicyclic) bond motifs is 1. The van der Waals surface area contributed by atoms with E-state index in [0.29, 0.717) is 0 Å². The van der Waals surface area contributed by atoms with Crippen LogP contribution in [0.2, 0.25) is 0 Å². The van der Waals surface area contributed by atoms with Crippen LogP contribution in [0, 0.1) is 5.92 Å². The molecule has 3 nitrogen and oxygen atoms in total. The van der Waals surface area contributed by atoms with Crippen molar-refractivity contribution in [3.8, 4) is 0 Å². The monoisotopic (exact) mass is 189 g/mol. The minimum atomic E-state index is -0.260. The third kappa shape index (κ3) is 1.66. The van der Waals surface area contributed by atoms with E-state index in [1.165, 1.54) is 6.92 Å². The molecule has 1 heterocycles. The Morgan fingerprint density at radius 3 is 3.07 bits per heavy atom. The van der Waals surface area contributed by atoms with Gasteiger partial charge in [-0.15, -0.1) is 0 Å². The maximum absolute atomic E-state index is 10.8. The first kappa shape index (κ1) is 8.94. The van der Waals surface area contributed by atoms with Gasteiger partial charge < -0.3 is 4.74 Å². The molecule has 0 aromatic rings. The molecule has 0 fully saturated rings. The highest BCUT2D eigenvalue weighted by molar-refractivity contribution is 5.74. The van der Waals surface area contributed by atoms with Crippen LogP contribution < -0.4 is 0 Å². The molecule has 2 rings (SSSR count). The van der Waals surface area contributed by atoms with Gasteiger partial charge in [0.1, 0.15) is 6.10 Å². The van der Waals surface area contributed by atoms with Crippen molar-refractivity contribution in [2.75, 3.05) is 0 Å². The van der Waals surface area contributed by atoms with Crippen LogP contribution in [-0.4, -0.2) is 18.3 Å². The molecule has 0 spiro atoms. The van der Waals surface area contributed by atoms with Gasteiger partial charge >= 0.3 is 5.97 Å². The second-order valence-corrected chi connectivity index (χ2v) is 3.24. The van der Waals surface area contributed by atoms with Gasteiger partial charge in [-0.3, -0.25) is 9.79 Å². The molecular weight excluding hydrogens is 178 g/mol. The average Bonchev–Trinajstić information content (AvgIpc) is 2.18. The predicted molar refractivity (Wildman–Crippen MR) is 53.9 cm³/mol.